The first-order chi connectivity index (χ1) is 10.7. The van der Waals surface area contributed by atoms with E-state index in [1.165, 1.54) is 12.7 Å². The lowest BCUT2D eigenvalue weighted by Gasteiger charge is -2.02. The van der Waals surface area contributed by atoms with Gasteiger partial charge in [-0.2, -0.15) is 5.26 Å². The van der Waals surface area contributed by atoms with Gasteiger partial charge in [-0.1, -0.05) is 25.1 Å². The van der Waals surface area contributed by atoms with Crippen LogP contribution in [0.15, 0.2) is 30.0 Å². The van der Waals surface area contributed by atoms with E-state index in [0.29, 0.717) is 6.61 Å². The van der Waals surface area contributed by atoms with Gasteiger partial charge in [0.25, 0.3) is 0 Å². The van der Waals surface area contributed by atoms with E-state index in [0.717, 1.165) is 22.9 Å². The van der Waals surface area contributed by atoms with Crippen LogP contribution < -0.4 is 0 Å². The number of fused-ring (bicyclic) bond motifs is 1. The predicted molar refractivity (Wildman–Crippen MR) is 84.1 cm³/mol. The molecular weight excluding hydrogens is 280 g/mol. The molecule has 1 heterocycles. The zero-order valence-electron chi connectivity index (χ0n) is 12.7. The minimum absolute atomic E-state index is 0.0288. The molecule has 0 fully saturated rings. The molecule has 2 aromatic rings. The summed E-state index contributed by atoms with van der Waals surface area (Å²) in [7, 11) is 1.52. The number of ether oxygens (including phenoxy) is 2. The minimum Gasteiger partial charge on any atom is -0.459 e. The average molecular weight is 298 g/mol. The van der Waals surface area contributed by atoms with Crippen molar-refractivity contribution in [2.75, 3.05) is 20.3 Å². The lowest BCUT2D eigenvalue weighted by atomic mass is 10.1. The molecule has 0 atom stereocenters. The maximum atomic E-state index is 11.9. The van der Waals surface area contributed by atoms with Crippen molar-refractivity contribution < 1.29 is 14.3 Å². The molecule has 1 aromatic heterocycles. The van der Waals surface area contributed by atoms with Crippen LogP contribution in [0.3, 0.4) is 0 Å². The monoisotopic (exact) mass is 298 g/mol. The first kappa shape index (κ1) is 15.8. The number of rotatable bonds is 6. The van der Waals surface area contributed by atoms with E-state index in [-0.39, 0.29) is 12.2 Å². The summed E-state index contributed by atoms with van der Waals surface area (Å²) in [4.78, 5) is 15.1. The lowest BCUT2D eigenvalue weighted by Crippen LogP contribution is -2.11. The molecule has 0 spiro atoms. The standard InChI is InChI=1S/C17H18N2O3/c1-3-12-5-4-6-15-14(11-19-16(12)15)9-13(10-18)17(20)22-8-7-21-2/h4-6,9,11,19H,3,7-8H2,1-2H3/b13-9+. The molecule has 0 aliphatic carbocycles. The number of nitriles is 1. The molecule has 0 aliphatic heterocycles. The van der Waals surface area contributed by atoms with Gasteiger partial charge >= 0.3 is 5.97 Å². The average Bonchev–Trinajstić information content (AvgIpc) is 2.95. The number of methoxy groups -OCH3 is 1. The summed E-state index contributed by atoms with van der Waals surface area (Å²) in [5.74, 6) is -0.638. The number of aromatic nitrogens is 1. The number of H-pyrrole nitrogens is 1. The van der Waals surface area contributed by atoms with Gasteiger partial charge in [-0.15, -0.1) is 0 Å². The summed E-state index contributed by atoms with van der Waals surface area (Å²) in [5, 5.41) is 10.1. The van der Waals surface area contributed by atoms with Crippen molar-refractivity contribution in [3.8, 4) is 6.07 Å². The van der Waals surface area contributed by atoms with Crippen LogP contribution in [0, 0.1) is 11.3 Å². The first-order valence-corrected chi connectivity index (χ1v) is 7.08. The van der Waals surface area contributed by atoms with Crippen molar-refractivity contribution in [1.29, 1.82) is 5.26 Å². The summed E-state index contributed by atoms with van der Waals surface area (Å²) in [6.45, 7) is 2.51. The van der Waals surface area contributed by atoms with Crippen LogP contribution in [-0.2, 0) is 20.7 Å². The molecular formula is C17H18N2O3. The Kier molecular flexibility index (Phi) is 5.34. The summed E-state index contributed by atoms with van der Waals surface area (Å²) in [6, 6.07) is 7.87. The van der Waals surface area contributed by atoms with E-state index in [1.54, 1.807) is 12.3 Å². The number of benzene rings is 1. The lowest BCUT2D eigenvalue weighted by molar-refractivity contribution is -0.139. The highest BCUT2D eigenvalue weighted by atomic mass is 16.6. The topological polar surface area (TPSA) is 75.1 Å². The molecule has 0 saturated carbocycles. The number of nitrogens with one attached hydrogen (secondary N) is 1. The number of hydrogen-bond donors (Lipinski definition) is 1. The van der Waals surface area contributed by atoms with Gasteiger partial charge in [0.15, 0.2) is 0 Å². The van der Waals surface area contributed by atoms with Crippen LogP contribution in [0.2, 0.25) is 0 Å². The molecule has 0 unspecified atom stereocenters. The van der Waals surface area contributed by atoms with Crippen molar-refractivity contribution >= 4 is 22.9 Å². The minimum atomic E-state index is -0.638. The fraction of sp³-hybridized carbons (Fsp3) is 0.294. The van der Waals surface area contributed by atoms with Crippen molar-refractivity contribution in [3.05, 3.63) is 41.1 Å². The number of aromatic amines is 1. The molecule has 0 aliphatic rings. The zero-order valence-corrected chi connectivity index (χ0v) is 12.7. The smallest absolute Gasteiger partial charge is 0.348 e. The van der Waals surface area contributed by atoms with Gasteiger partial charge in [0, 0.05) is 29.8 Å². The quantitative estimate of drug-likeness (QED) is 0.385. The number of hydrogen-bond acceptors (Lipinski definition) is 4. The maximum absolute atomic E-state index is 11.9. The molecule has 1 aromatic carbocycles. The second-order valence-electron chi connectivity index (χ2n) is 4.74. The highest BCUT2D eigenvalue weighted by molar-refractivity contribution is 6.01. The van der Waals surface area contributed by atoms with Crippen molar-refractivity contribution in [2.45, 2.75) is 13.3 Å². The number of para-hydroxylation sites is 1. The number of carbonyl (C=O) groups is 1. The molecule has 1 N–H and O–H groups in total. The van der Waals surface area contributed by atoms with Crippen molar-refractivity contribution in [3.63, 3.8) is 0 Å². The Hall–Kier alpha value is -2.58. The predicted octanol–water partition coefficient (Wildman–Crippen LogP) is 2.83. The second-order valence-corrected chi connectivity index (χ2v) is 4.74. The van der Waals surface area contributed by atoms with E-state index in [1.807, 2.05) is 18.2 Å². The van der Waals surface area contributed by atoms with E-state index >= 15 is 0 Å². The van der Waals surface area contributed by atoms with Crippen LogP contribution in [0.25, 0.3) is 17.0 Å². The largest absolute Gasteiger partial charge is 0.459 e. The molecule has 0 bridgehead atoms. The number of aryl methyl sites for hydroxylation is 1. The van der Waals surface area contributed by atoms with Gasteiger partial charge in [0.1, 0.15) is 18.2 Å². The van der Waals surface area contributed by atoms with Crippen LogP contribution in [0.1, 0.15) is 18.1 Å². The molecule has 0 radical (unpaired) electrons. The number of nitrogens with zero attached hydrogens (tertiary/aromatic N) is 1. The third-order valence-electron chi connectivity index (χ3n) is 3.38. The first-order valence-electron chi connectivity index (χ1n) is 7.08. The Balaban J connectivity index is 2.31. The zero-order chi connectivity index (χ0) is 15.9. The van der Waals surface area contributed by atoms with Gasteiger partial charge in [-0.3, -0.25) is 0 Å². The molecule has 2 rings (SSSR count). The molecule has 5 nitrogen and oxygen atoms in total. The van der Waals surface area contributed by atoms with Crippen LogP contribution in [0.4, 0.5) is 0 Å². The van der Waals surface area contributed by atoms with Crippen molar-refractivity contribution in [2.24, 2.45) is 0 Å². The Morgan fingerprint density at radius 1 is 1.41 bits per heavy atom. The normalized spacial score (nSPS) is 11.4. The van der Waals surface area contributed by atoms with Crippen molar-refractivity contribution in [1.82, 2.24) is 4.98 Å². The van der Waals surface area contributed by atoms with Gasteiger partial charge in [-0.05, 0) is 18.1 Å². The van der Waals surface area contributed by atoms with Gasteiger partial charge < -0.3 is 14.5 Å². The summed E-state index contributed by atoms with van der Waals surface area (Å²) >= 11 is 0. The Morgan fingerprint density at radius 2 is 2.23 bits per heavy atom. The van der Waals surface area contributed by atoms with Gasteiger partial charge in [0.05, 0.1) is 6.61 Å². The van der Waals surface area contributed by atoms with Crippen LogP contribution in [-0.4, -0.2) is 31.3 Å². The summed E-state index contributed by atoms with van der Waals surface area (Å²) in [5.41, 5.74) is 2.99. The maximum Gasteiger partial charge on any atom is 0.348 e. The molecule has 0 saturated heterocycles. The fourth-order valence-electron chi connectivity index (χ4n) is 2.24. The third kappa shape index (κ3) is 3.35. The molecule has 114 valence electrons. The Morgan fingerprint density at radius 3 is 2.91 bits per heavy atom. The molecule has 0 amide bonds. The number of esters is 1. The second kappa shape index (κ2) is 7.43. The summed E-state index contributed by atoms with van der Waals surface area (Å²) in [6.07, 6.45) is 4.25. The molecule has 5 heteroatoms. The van der Waals surface area contributed by atoms with E-state index < -0.39 is 5.97 Å². The van der Waals surface area contributed by atoms with E-state index in [2.05, 4.69) is 18.0 Å². The van der Waals surface area contributed by atoms with Gasteiger partial charge in [0.2, 0.25) is 0 Å². The SMILES string of the molecule is CCc1cccc2c(/C=C(\C#N)C(=O)OCCOC)c[nH]c12. The third-order valence-corrected chi connectivity index (χ3v) is 3.38. The highest BCUT2D eigenvalue weighted by Crippen LogP contribution is 2.24. The van der Waals surface area contributed by atoms with E-state index in [9.17, 15) is 4.79 Å². The Bertz CT molecular complexity index is 738. The fourth-order valence-corrected chi connectivity index (χ4v) is 2.24. The Labute approximate surface area is 129 Å². The van der Waals surface area contributed by atoms with Crippen LogP contribution >= 0.6 is 0 Å². The highest BCUT2D eigenvalue weighted by Gasteiger charge is 2.12. The van der Waals surface area contributed by atoms with Gasteiger partial charge in [-0.25, -0.2) is 4.79 Å². The summed E-state index contributed by atoms with van der Waals surface area (Å²) < 4.78 is 9.79. The van der Waals surface area contributed by atoms with E-state index in [4.69, 9.17) is 14.7 Å². The van der Waals surface area contributed by atoms with Crippen LogP contribution in [0.5, 0.6) is 0 Å². The number of carbonyl (C=O) groups excluding carboxylic acids is 1. The molecule has 22 heavy (non-hydrogen) atoms.